The molecule has 0 spiro atoms. The molecule has 2 aliphatic heterocycles. The normalized spacial score (nSPS) is 18.3. The minimum absolute atomic E-state index is 0.0116. The third-order valence-electron chi connectivity index (χ3n) is 5.28. The Morgan fingerprint density at radius 3 is 2.48 bits per heavy atom. The first-order chi connectivity index (χ1) is 14.0. The summed E-state index contributed by atoms with van der Waals surface area (Å²) in [4.78, 5) is 26.2. The quantitative estimate of drug-likeness (QED) is 0.441. The number of amides is 1. The van der Waals surface area contributed by atoms with Crippen molar-refractivity contribution >= 4 is 34.8 Å². The molecule has 0 atom stereocenters. The van der Waals surface area contributed by atoms with Gasteiger partial charge in [-0.3, -0.25) is 14.9 Å². The van der Waals surface area contributed by atoms with Crippen molar-refractivity contribution in [2.45, 2.75) is 26.2 Å². The summed E-state index contributed by atoms with van der Waals surface area (Å²) in [7, 11) is 0. The minimum atomic E-state index is -0.407. The topological polar surface area (TPSA) is 79.0 Å². The second-order valence-electron chi connectivity index (χ2n) is 7.24. The predicted molar refractivity (Wildman–Crippen MR) is 114 cm³/mol. The van der Waals surface area contributed by atoms with E-state index in [1.54, 1.807) is 25.1 Å². The van der Waals surface area contributed by atoms with Gasteiger partial charge in [0, 0.05) is 36.5 Å². The fourth-order valence-corrected chi connectivity index (χ4v) is 3.78. The van der Waals surface area contributed by atoms with E-state index < -0.39 is 4.92 Å². The van der Waals surface area contributed by atoms with Crippen LogP contribution in [0.1, 0.15) is 31.7 Å². The summed E-state index contributed by atoms with van der Waals surface area (Å²) in [6.45, 7) is 3.60. The van der Waals surface area contributed by atoms with Gasteiger partial charge < -0.3 is 4.90 Å². The third-order valence-corrected chi connectivity index (χ3v) is 5.28. The van der Waals surface area contributed by atoms with Gasteiger partial charge in [0.15, 0.2) is 0 Å². The van der Waals surface area contributed by atoms with Crippen molar-refractivity contribution in [1.29, 1.82) is 0 Å². The predicted octanol–water partition coefficient (Wildman–Crippen LogP) is 4.39. The third kappa shape index (κ3) is 3.76. The summed E-state index contributed by atoms with van der Waals surface area (Å²) in [5.74, 6) is -0.232. The number of hydrazone groups is 1. The van der Waals surface area contributed by atoms with Crippen LogP contribution in [0.5, 0.6) is 0 Å². The number of carbonyl (C=O) groups excluding carboxylic acids is 1. The highest BCUT2D eigenvalue weighted by Gasteiger charge is 2.29. The number of benzene rings is 2. The van der Waals surface area contributed by atoms with Crippen LogP contribution in [0.2, 0.25) is 0 Å². The SMILES string of the molecule is CC1=NN(c2ccccc2)C(=O)/C1=C/c1cc([N+](=O)[O-])ccc1N1CCCCC1. The van der Waals surface area contributed by atoms with Gasteiger partial charge >= 0.3 is 0 Å². The number of hydrogen-bond acceptors (Lipinski definition) is 5. The molecule has 2 aliphatic rings. The van der Waals surface area contributed by atoms with Gasteiger partial charge in [-0.15, -0.1) is 0 Å². The zero-order chi connectivity index (χ0) is 20.4. The zero-order valence-corrected chi connectivity index (χ0v) is 16.2. The standard InChI is InChI=1S/C22H22N4O3/c1-16-20(22(27)25(23-16)18-8-4-2-5-9-18)15-17-14-19(26(28)29)10-11-21(17)24-12-6-3-7-13-24/h2,4-5,8-11,14-15H,3,6-7,12-13H2,1H3/b20-15+. The van der Waals surface area contributed by atoms with Gasteiger partial charge in [0.1, 0.15) is 0 Å². The van der Waals surface area contributed by atoms with Crippen molar-refractivity contribution in [3.63, 3.8) is 0 Å². The van der Waals surface area contributed by atoms with Gasteiger partial charge in [-0.05, 0) is 50.5 Å². The zero-order valence-electron chi connectivity index (χ0n) is 16.2. The monoisotopic (exact) mass is 390 g/mol. The molecule has 0 aliphatic carbocycles. The molecule has 29 heavy (non-hydrogen) atoms. The van der Waals surface area contributed by atoms with Gasteiger partial charge in [0.05, 0.1) is 21.9 Å². The van der Waals surface area contributed by atoms with E-state index in [0.717, 1.165) is 31.6 Å². The van der Waals surface area contributed by atoms with Crippen molar-refractivity contribution in [3.05, 3.63) is 69.8 Å². The van der Waals surface area contributed by atoms with E-state index in [0.29, 0.717) is 22.5 Å². The van der Waals surface area contributed by atoms with Crippen molar-refractivity contribution in [1.82, 2.24) is 0 Å². The number of rotatable bonds is 4. The second-order valence-corrected chi connectivity index (χ2v) is 7.24. The maximum atomic E-state index is 13.0. The molecule has 0 N–H and O–H groups in total. The molecule has 148 valence electrons. The first-order valence-electron chi connectivity index (χ1n) is 9.75. The van der Waals surface area contributed by atoms with E-state index in [-0.39, 0.29) is 11.6 Å². The molecular formula is C22H22N4O3. The largest absolute Gasteiger partial charge is 0.371 e. The number of carbonyl (C=O) groups is 1. The summed E-state index contributed by atoms with van der Waals surface area (Å²) >= 11 is 0. The molecule has 2 aromatic carbocycles. The Hall–Kier alpha value is -3.48. The summed E-state index contributed by atoms with van der Waals surface area (Å²) in [5.41, 5.74) is 3.34. The van der Waals surface area contributed by atoms with Crippen LogP contribution in [0.15, 0.2) is 59.2 Å². The maximum Gasteiger partial charge on any atom is 0.280 e. The van der Waals surface area contributed by atoms with Crippen LogP contribution in [0, 0.1) is 10.1 Å². The lowest BCUT2D eigenvalue weighted by Crippen LogP contribution is -2.30. The van der Waals surface area contributed by atoms with Crippen molar-refractivity contribution in [2.75, 3.05) is 23.0 Å². The smallest absolute Gasteiger partial charge is 0.280 e. The molecule has 1 fully saturated rings. The minimum Gasteiger partial charge on any atom is -0.371 e. The Morgan fingerprint density at radius 1 is 1.07 bits per heavy atom. The lowest BCUT2D eigenvalue weighted by molar-refractivity contribution is -0.384. The Morgan fingerprint density at radius 2 is 1.79 bits per heavy atom. The molecule has 2 heterocycles. The van der Waals surface area contributed by atoms with Gasteiger partial charge in [0.2, 0.25) is 0 Å². The fraction of sp³-hybridized carbons (Fsp3) is 0.273. The average molecular weight is 390 g/mol. The Labute approximate surface area is 169 Å². The molecule has 0 bridgehead atoms. The number of non-ortho nitro benzene ring substituents is 1. The van der Waals surface area contributed by atoms with Gasteiger partial charge in [-0.25, -0.2) is 0 Å². The molecule has 7 heteroatoms. The number of anilines is 2. The van der Waals surface area contributed by atoms with Crippen LogP contribution in [0.25, 0.3) is 6.08 Å². The van der Waals surface area contributed by atoms with Gasteiger partial charge in [0.25, 0.3) is 11.6 Å². The van der Waals surface area contributed by atoms with Gasteiger partial charge in [-0.2, -0.15) is 10.1 Å². The van der Waals surface area contributed by atoms with Crippen molar-refractivity contribution in [2.24, 2.45) is 5.10 Å². The second kappa shape index (κ2) is 7.87. The molecule has 4 rings (SSSR count). The lowest BCUT2D eigenvalue weighted by atomic mass is 10.0. The summed E-state index contributed by atoms with van der Waals surface area (Å²) < 4.78 is 0. The molecule has 0 aromatic heterocycles. The molecular weight excluding hydrogens is 368 g/mol. The number of piperidine rings is 1. The van der Waals surface area contributed by atoms with E-state index in [2.05, 4.69) is 10.0 Å². The number of nitro groups is 1. The number of nitrogens with zero attached hydrogens (tertiary/aromatic N) is 4. The van der Waals surface area contributed by atoms with Gasteiger partial charge in [-0.1, -0.05) is 18.2 Å². The van der Waals surface area contributed by atoms with Crippen LogP contribution in [-0.2, 0) is 4.79 Å². The van der Waals surface area contributed by atoms with Crippen LogP contribution < -0.4 is 9.91 Å². The van der Waals surface area contributed by atoms with E-state index in [9.17, 15) is 14.9 Å². The average Bonchev–Trinajstić information content (AvgIpc) is 3.03. The Kier molecular flexibility index (Phi) is 5.12. The Balaban J connectivity index is 1.74. The van der Waals surface area contributed by atoms with Crippen LogP contribution in [0.3, 0.4) is 0 Å². The number of para-hydroxylation sites is 1. The highest BCUT2D eigenvalue weighted by Crippen LogP contribution is 2.32. The lowest BCUT2D eigenvalue weighted by Gasteiger charge is -2.30. The number of nitro benzene ring substituents is 1. The van der Waals surface area contributed by atoms with Crippen LogP contribution >= 0.6 is 0 Å². The van der Waals surface area contributed by atoms with E-state index in [4.69, 9.17) is 0 Å². The first kappa shape index (κ1) is 18.9. The molecule has 0 unspecified atom stereocenters. The van der Waals surface area contributed by atoms with Crippen molar-refractivity contribution < 1.29 is 9.72 Å². The maximum absolute atomic E-state index is 13.0. The summed E-state index contributed by atoms with van der Waals surface area (Å²) in [5, 5.41) is 17.1. The summed E-state index contributed by atoms with van der Waals surface area (Å²) in [6, 6.07) is 14.1. The van der Waals surface area contributed by atoms with Crippen LogP contribution in [0.4, 0.5) is 17.1 Å². The van der Waals surface area contributed by atoms with Crippen molar-refractivity contribution in [3.8, 4) is 0 Å². The number of hydrogen-bond donors (Lipinski definition) is 0. The van der Waals surface area contributed by atoms with E-state index in [1.165, 1.54) is 17.5 Å². The van der Waals surface area contributed by atoms with E-state index >= 15 is 0 Å². The molecule has 7 nitrogen and oxygen atoms in total. The van der Waals surface area contributed by atoms with E-state index in [1.807, 2.05) is 30.3 Å². The highest BCUT2D eigenvalue weighted by atomic mass is 16.6. The first-order valence-corrected chi connectivity index (χ1v) is 9.75. The highest BCUT2D eigenvalue weighted by molar-refractivity contribution is 6.32. The molecule has 0 saturated carbocycles. The molecule has 1 amide bonds. The Bertz CT molecular complexity index is 1010. The fourth-order valence-electron chi connectivity index (χ4n) is 3.78. The molecule has 2 aromatic rings. The molecule has 0 radical (unpaired) electrons. The molecule has 1 saturated heterocycles. The van der Waals surface area contributed by atoms with Crippen LogP contribution in [-0.4, -0.2) is 29.6 Å². The summed E-state index contributed by atoms with van der Waals surface area (Å²) in [6.07, 6.45) is 5.11.